The van der Waals surface area contributed by atoms with E-state index < -0.39 is 11.9 Å². The van der Waals surface area contributed by atoms with E-state index in [0.29, 0.717) is 5.92 Å². The summed E-state index contributed by atoms with van der Waals surface area (Å²) in [4.78, 5) is 20.6. The Kier molecular flexibility index (Phi) is 10.0. The molecule has 0 amide bonds. The summed E-state index contributed by atoms with van der Waals surface area (Å²) in [7, 11) is 0. The summed E-state index contributed by atoms with van der Waals surface area (Å²) in [6, 6.07) is 15.4. The number of hydrogen-bond acceptors (Lipinski definition) is 5. The van der Waals surface area contributed by atoms with Crippen LogP contribution in [-0.4, -0.2) is 54.7 Å². The van der Waals surface area contributed by atoms with E-state index in [1.807, 2.05) is 0 Å². The van der Waals surface area contributed by atoms with Gasteiger partial charge in [-0.3, -0.25) is 0 Å². The molecule has 0 aliphatic carbocycles. The molecule has 1 fully saturated rings. The van der Waals surface area contributed by atoms with Crippen LogP contribution in [0.4, 0.5) is 0 Å². The van der Waals surface area contributed by atoms with Gasteiger partial charge in [-0.05, 0) is 48.7 Å². The Morgan fingerprint density at radius 2 is 1.80 bits per heavy atom. The molecule has 3 rings (SSSR count). The van der Waals surface area contributed by atoms with Crippen LogP contribution in [0.1, 0.15) is 37.2 Å². The zero-order chi connectivity index (χ0) is 21.8. The molecule has 0 aromatic heterocycles. The lowest BCUT2D eigenvalue weighted by Gasteiger charge is -2.27. The smallest absolute Gasteiger partial charge is 0.351 e. The minimum absolute atomic E-state index is 0.495. The van der Waals surface area contributed by atoms with Gasteiger partial charge >= 0.3 is 5.97 Å². The number of carboxylic acid groups (broad SMARTS) is 2. The molecule has 6 nitrogen and oxygen atoms in total. The number of benzene rings is 2. The van der Waals surface area contributed by atoms with Crippen LogP contribution >= 0.6 is 0 Å². The number of carbonyl (C=O) groups is 2. The Hall–Kier alpha value is -2.70. The molecule has 0 bridgehead atoms. The molecule has 1 unspecified atom stereocenters. The molecule has 0 radical (unpaired) electrons. The van der Waals surface area contributed by atoms with Crippen molar-refractivity contribution in [1.82, 2.24) is 10.2 Å². The molecule has 30 heavy (non-hydrogen) atoms. The number of carboxylic acids is 2. The molecular formula is C24H31N2O4-. The summed E-state index contributed by atoms with van der Waals surface area (Å²) in [6.45, 7) is 9.81. The van der Waals surface area contributed by atoms with Crippen LogP contribution in [0.25, 0.3) is 10.8 Å². The van der Waals surface area contributed by atoms with Crippen molar-refractivity contribution in [1.29, 1.82) is 0 Å². The molecule has 6 heteroatoms. The van der Waals surface area contributed by atoms with Crippen LogP contribution in [0.15, 0.2) is 55.1 Å². The SMILES string of the molecule is C=CCC(CNCCN1CCCCC1)c1cccc2ccccc12.O=C([O-])C(=O)O. The topological polar surface area (TPSA) is 92.7 Å². The second kappa shape index (κ2) is 12.8. The van der Waals surface area contributed by atoms with Crippen molar-refractivity contribution < 1.29 is 19.8 Å². The summed E-state index contributed by atoms with van der Waals surface area (Å²) in [5.41, 5.74) is 1.44. The highest BCUT2D eigenvalue weighted by atomic mass is 16.4. The average Bonchev–Trinajstić information content (AvgIpc) is 2.76. The summed E-state index contributed by atoms with van der Waals surface area (Å²) in [5, 5.41) is 22.7. The van der Waals surface area contributed by atoms with Gasteiger partial charge in [0.2, 0.25) is 0 Å². The van der Waals surface area contributed by atoms with E-state index in [2.05, 4.69) is 65.3 Å². The van der Waals surface area contributed by atoms with Gasteiger partial charge in [-0.25, -0.2) is 4.79 Å². The van der Waals surface area contributed by atoms with E-state index in [-0.39, 0.29) is 0 Å². The number of nitrogens with zero attached hydrogens (tertiary/aromatic N) is 1. The normalized spacial score (nSPS) is 15.1. The second-order valence-electron chi connectivity index (χ2n) is 7.49. The first-order valence-electron chi connectivity index (χ1n) is 10.5. The Morgan fingerprint density at radius 3 is 2.47 bits per heavy atom. The number of carbonyl (C=O) groups excluding carboxylic acids is 1. The van der Waals surface area contributed by atoms with Crippen molar-refractivity contribution in [2.45, 2.75) is 31.6 Å². The largest absolute Gasteiger partial charge is 0.539 e. The van der Waals surface area contributed by atoms with E-state index in [0.717, 1.165) is 19.5 Å². The third-order valence-corrected chi connectivity index (χ3v) is 5.33. The minimum Gasteiger partial charge on any atom is -0.539 e. The quantitative estimate of drug-likeness (QED) is 0.394. The molecule has 1 aliphatic rings. The van der Waals surface area contributed by atoms with Crippen LogP contribution < -0.4 is 10.4 Å². The van der Waals surface area contributed by atoms with Crippen molar-refractivity contribution in [3.05, 3.63) is 60.7 Å². The van der Waals surface area contributed by atoms with Crippen molar-refractivity contribution >= 4 is 22.7 Å². The summed E-state index contributed by atoms with van der Waals surface area (Å²) in [5.74, 6) is -3.51. The van der Waals surface area contributed by atoms with Crippen LogP contribution in [0.3, 0.4) is 0 Å². The summed E-state index contributed by atoms with van der Waals surface area (Å²) < 4.78 is 0. The fraction of sp³-hybridized carbons (Fsp3) is 0.417. The first-order valence-corrected chi connectivity index (χ1v) is 10.5. The lowest BCUT2D eigenvalue weighted by Crippen LogP contribution is -2.36. The highest BCUT2D eigenvalue weighted by Gasteiger charge is 2.14. The lowest BCUT2D eigenvalue weighted by atomic mass is 9.91. The van der Waals surface area contributed by atoms with E-state index in [1.165, 1.54) is 55.2 Å². The monoisotopic (exact) mass is 411 g/mol. The number of nitrogens with one attached hydrogen (secondary N) is 1. The third kappa shape index (κ3) is 7.61. The molecule has 0 saturated carbocycles. The first-order chi connectivity index (χ1) is 14.5. The maximum absolute atomic E-state index is 9.04. The average molecular weight is 412 g/mol. The van der Waals surface area contributed by atoms with Gasteiger partial charge in [0.25, 0.3) is 0 Å². The molecular weight excluding hydrogens is 380 g/mol. The van der Waals surface area contributed by atoms with Crippen LogP contribution in [0.2, 0.25) is 0 Å². The molecule has 0 spiro atoms. The number of hydrogen-bond donors (Lipinski definition) is 2. The predicted molar refractivity (Wildman–Crippen MR) is 117 cm³/mol. The second-order valence-corrected chi connectivity index (χ2v) is 7.49. The van der Waals surface area contributed by atoms with Crippen molar-refractivity contribution in [2.75, 3.05) is 32.7 Å². The van der Waals surface area contributed by atoms with Crippen molar-refractivity contribution in [2.24, 2.45) is 0 Å². The van der Waals surface area contributed by atoms with E-state index in [9.17, 15) is 0 Å². The number of fused-ring (bicyclic) bond motifs is 1. The van der Waals surface area contributed by atoms with E-state index in [1.54, 1.807) is 0 Å². The Labute approximate surface area is 178 Å². The van der Waals surface area contributed by atoms with Gasteiger partial charge in [-0.15, -0.1) is 6.58 Å². The number of likely N-dealkylation sites (tertiary alicyclic amines) is 1. The number of allylic oxidation sites excluding steroid dienone is 1. The number of aliphatic carboxylic acids is 2. The van der Waals surface area contributed by atoms with E-state index in [4.69, 9.17) is 19.8 Å². The minimum atomic E-state index is -2.07. The highest BCUT2D eigenvalue weighted by molar-refractivity contribution is 6.26. The van der Waals surface area contributed by atoms with Crippen LogP contribution in [0, 0.1) is 0 Å². The fourth-order valence-corrected chi connectivity index (χ4v) is 3.82. The van der Waals surface area contributed by atoms with Gasteiger partial charge in [0.15, 0.2) is 5.97 Å². The molecule has 162 valence electrons. The zero-order valence-electron chi connectivity index (χ0n) is 17.4. The molecule has 1 atom stereocenters. The molecule has 2 aromatic rings. The number of piperidine rings is 1. The van der Waals surface area contributed by atoms with Crippen LogP contribution in [0.5, 0.6) is 0 Å². The van der Waals surface area contributed by atoms with Gasteiger partial charge in [-0.2, -0.15) is 0 Å². The van der Waals surface area contributed by atoms with Crippen molar-refractivity contribution in [3.8, 4) is 0 Å². The Morgan fingerprint density at radius 1 is 1.13 bits per heavy atom. The molecule has 2 aromatic carbocycles. The maximum atomic E-state index is 9.04. The molecule has 1 heterocycles. The molecule has 1 saturated heterocycles. The first kappa shape index (κ1) is 23.6. The fourth-order valence-electron chi connectivity index (χ4n) is 3.82. The predicted octanol–water partition coefficient (Wildman–Crippen LogP) is 2.40. The highest BCUT2D eigenvalue weighted by Crippen LogP contribution is 2.27. The third-order valence-electron chi connectivity index (χ3n) is 5.33. The van der Waals surface area contributed by atoms with Gasteiger partial charge in [0, 0.05) is 25.6 Å². The van der Waals surface area contributed by atoms with Gasteiger partial charge in [0.1, 0.15) is 0 Å². The maximum Gasteiger partial charge on any atom is 0.351 e. The van der Waals surface area contributed by atoms with Crippen molar-refractivity contribution in [3.63, 3.8) is 0 Å². The van der Waals surface area contributed by atoms with Gasteiger partial charge in [-0.1, -0.05) is 55.0 Å². The zero-order valence-corrected chi connectivity index (χ0v) is 17.4. The number of rotatable bonds is 8. The summed E-state index contributed by atoms with van der Waals surface area (Å²) in [6.07, 6.45) is 7.22. The molecule has 1 aliphatic heterocycles. The standard InChI is InChI=1S/C22H30N2.C2H2O4/c1-2-9-20(18-23-14-17-24-15-6-3-7-16-24)22-13-8-11-19-10-4-5-12-21(19)22;3-1(4)2(5)6/h2,4-5,8,10-13,20,23H,1,3,6-7,9,14-18H2;(H,3,4)(H,5,6)/p-1. The van der Waals surface area contributed by atoms with E-state index >= 15 is 0 Å². The Balaban J connectivity index is 0.000000469. The molecule has 2 N–H and O–H groups in total. The van der Waals surface area contributed by atoms with Gasteiger partial charge in [0.05, 0.1) is 0 Å². The lowest BCUT2D eigenvalue weighted by molar-refractivity contribution is -0.303. The van der Waals surface area contributed by atoms with Crippen LogP contribution in [-0.2, 0) is 9.59 Å². The van der Waals surface area contributed by atoms with Gasteiger partial charge < -0.3 is 25.2 Å². The Bertz CT molecular complexity index is 814. The summed E-state index contributed by atoms with van der Waals surface area (Å²) >= 11 is 0.